The summed E-state index contributed by atoms with van der Waals surface area (Å²) >= 11 is 0. The summed E-state index contributed by atoms with van der Waals surface area (Å²) in [5.74, 6) is -1.80. The zero-order chi connectivity index (χ0) is 14.4. The molecule has 0 aliphatic carbocycles. The highest BCUT2D eigenvalue weighted by molar-refractivity contribution is 5.78. The number of halogens is 1. The second-order valence-electron chi connectivity index (χ2n) is 4.12. The zero-order valence-corrected chi connectivity index (χ0v) is 10.8. The number of carbonyl (C=O) groups is 2. The van der Waals surface area contributed by atoms with Crippen molar-refractivity contribution in [2.45, 2.75) is 13.0 Å². The van der Waals surface area contributed by atoms with Gasteiger partial charge >= 0.3 is 5.97 Å². The van der Waals surface area contributed by atoms with E-state index in [2.05, 4.69) is 0 Å². The summed E-state index contributed by atoms with van der Waals surface area (Å²) < 4.78 is 17.5. The van der Waals surface area contributed by atoms with Crippen molar-refractivity contribution in [3.8, 4) is 0 Å². The molecule has 1 aromatic carbocycles. The predicted molar refractivity (Wildman–Crippen MR) is 66.0 cm³/mol. The number of rotatable bonds is 6. The van der Waals surface area contributed by atoms with Crippen molar-refractivity contribution in [2.75, 3.05) is 20.3 Å². The van der Waals surface area contributed by atoms with Crippen LogP contribution in [0.3, 0.4) is 0 Å². The van der Waals surface area contributed by atoms with Crippen molar-refractivity contribution < 1.29 is 23.8 Å². The third-order valence-electron chi connectivity index (χ3n) is 2.78. The van der Waals surface area contributed by atoms with Crippen molar-refractivity contribution in [1.82, 2.24) is 4.90 Å². The van der Waals surface area contributed by atoms with E-state index >= 15 is 0 Å². The Hall–Kier alpha value is -1.95. The first kappa shape index (κ1) is 15.1. The highest BCUT2D eigenvalue weighted by Crippen LogP contribution is 2.18. The Morgan fingerprint density at radius 1 is 1.32 bits per heavy atom. The number of amides is 1. The lowest BCUT2D eigenvalue weighted by molar-refractivity contribution is -0.146. The van der Waals surface area contributed by atoms with Crippen LogP contribution in [0.4, 0.5) is 4.39 Å². The smallest absolute Gasteiger partial charge is 0.329 e. The minimum absolute atomic E-state index is 0.249. The number of hydrogen-bond acceptors (Lipinski definition) is 3. The minimum atomic E-state index is -1.12. The number of likely N-dealkylation sites (N-methyl/N-ethyl adjacent to an activating group) is 1. The maximum atomic E-state index is 12.8. The monoisotopic (exact) mass is 269 g/mol. The molecule has 1 N–H and O–H groups in total. The molecule has 6 heteroatoms. The molecule has 0 fully saturated rings. The van der Waals surface area contributed by atoms with E-state index in [1.54, 1.807) is 26.1 Å². The first-order valence-electron chi connectivity index (χ1n) is 5.72. The molecule has 5 nitrogen and oxygen atoms in total. The number of carboxylic acids is 1. The number of benzene rings is 1. The Bertz CT molecular complexity index is 446. The molecule has 0 saturated carbocycles. The Balaban J connectivity index is 2.56. The van der Waals surface area contributed by atoms with Gasteiger partial charge in [-0.05, 0) is 24.6 Å². The quantitative estimate of drug-likeness (QED) is 0.848. The van der Waals surface area contributed by atoms with E-state index in [4.69, 9.17) is 9.84 Å². The van der Waals surface area contributed by atoms with Crippen LogP contribution in [-0.4, -0.2) is 42.1 Å². The van der Waals surface area contributed by atoms with E-state index in [1.807, 2.05) is 0 Å². The fraction of sp³-hybridized carbons (Fsp3) is 0.385. The zero-order valence-electron chi connectivity index (χ0n) is 10.8. The van der Waals surface area contributed by atoms with Crippen LogP contribution < -0.4 is 0 Å². The summed E-state index contributed by atoms with van der Waals surface area (Å²) in [4.78, 5) is 23.4. The number of carboxylic acid groups (broad SMARTS) is 1. The molecule has 104 valence electrons. The third kappa shape index (κ3) is 4.67. The minimum Gasteiger partial charge on any atom is -0.480 e. The molecule has 0 radical (unpaired) electrons. The van der Waals surface area contributed by atoms with Crippen molar-refractivity contribution in [3.05, 3.63) is 35.6 Å². The molecule has 0 saturated heterocycles. The van der Waals surface area contributed by atoms with E-state index in [-0.39, 0.29) is 24.4 Å². The fourth-order valence-corrected chi connectivity index (χ4v) is 1.51. The van der Waals surface area contributed by atoms with Gasteiger partial charge in [-0.3, -0.25) is 4.79 Å². The third-order valence-corrected chi connectivity index (χ3v) is 2.78. The standard InChI is InChI=1S/C13H16FNO4/c1-9(10-3-5-11(14)6-4-10)15(2)12(16)7-19-8-13(17)18/h3-6,9H,7-8H2,1-2H3,(H,17,18). The summed E-state index contributed by atoms with van der Waals surface area (Å²) in [5.41, 5.74) is 0.787. The maximum absolute atomic E-state index is 12.8. The predicted octanol–water partition coefficient (Wildman–Crippen LogP) is 1.45. The molecule has 0 spiro atoms. The van der Waals surface area contributed by atoms with Crippen molar-refractivity contribution in [3.63, 3.8) is 0 Å². The lowest BCUT2D eigenvalue weighted by Gasteiger charge is -2.25. The van der Waals surface area contributed by atoms with E-state index in [0.29, 0.717) is 0 Å². The van der Waals surface area contributed by atoms with Crippen LogP contribution in [0.5, 0.6) is 0 Å². The molecule has 19 heavy (non-hydrogen) atoms. The van der Waals surface area contributed by atoms with Gasteiger partial charge in [-0.2, -0.15) is 0 Å². The lowest BCUT2D eigenvalue weighted by atomic mass is 10.1. The topological polar surface area (TPSA) is 66.8 Å². The van der Waals surface area contributed by atoms with Crippen LogP contribution in [-0.2, 0) is 14.3 Å². The average molecular weight is 269 g/mol. The summed E-state index contributed by atoms with van der Waals surface area (Å²) in [6.07, 6.45) is 0. The molecule has 0 bridgehead atoms. The second-order valence-corrected chi connectivity index (χ2v) is 4.12. The molecule has 1 aromatic rings. The number of aliphatic carboxylic acids is 1. The van der Waals surface area contributed by atoms with Crippen LogP contribution >= 0.6 is 0 Å². The molecule has 0 aromatic heterocycles. The van der Waals surface area contributed by atoms with E-state index in [1.165, 1.54) is 17.0 Å². The van der Waals surface area contributed by atoms with Gasteiger partial charge in [0.2, 0.25) is 5.91 Å². The van der Waals surface area contributed by atoms with Gasteiger partial charge in [-0.15, -0.1) is 0 Å². The summed E-state index contributed by atoms with van der Waals surface area (Å²) in [6, 6.07) is 5.60. The van der Waals surface area contributed by atoms with Gasteiger partial charge in [0, 0.05) is 7.05 Å². The number of nitrogens with zero attached hydrogens (tertiary/aromatic N) is 1. The van der Waals surface area contributed by atoms with Crippen LogP contribution in [0, 0.1) is 5.82 Å². The number of carbonyl (C=O) groups excluding carboxylic acids is 1. The van der Waals surface area contributed by atoms with Crippen LogP contribution in [0.2, 0.25) is 0 Å². The van der Waals surface area contributed by atoms with E-state index < -0.39 is 12.6 Å². The molecular weight excluding hydrogens is 253 g/mol. The van der Waals surface area contributed by atoms with Crippen LogP contribution in [0.1, 0.15) is 18.5 Å². The highest BCUT2D eigenvalue weighted by Gasteiger charge is 2.17. The van der Waals surface area contributed by atoms with Crippen molar-refractivity contribution in [2.24, 2.45) is 0 Å². The van der Waals surface area contributed by atoms with Gasteiger partial charge in [0.1, 0.15) is 19.0 Å². The first-order valence-corrected chi connectivity index (χ1v) is 5.72. The van der Waals surface area contributed by atoms with E-state index in [9.17, 15) is 14.0 Å². The van der Waals surface area contributed by atoms with Gasteiger partial charge in [0.25, 0.3) is 0 Å². The van der Waals surface area contributed by atoms with Gasteiger partial charge < -0.3 is 14.7 Å². The molecule has 1 atom stereocenters. The Morgan fingerprint density at radius 3 is 2.42 bits per heavy atom. The van der Waals surface area contributed by atoms with Gasteiger partial charge in [0.05, 0.1) is 6.04 Å². The molecule has 1 rings (SSSR count). The maximum Gasteiger partial charge on any atom is 0.329 e. The van der Waals surface area contributed by atoms with Gasteiger partial charge in [-0.25, -0.2) is 9.18 Å². The Labute approximate surface area is 110 Å². The molecule has 1 amide bonds. The normalized spacial score (nSPS) is 11.9. The molecular formula is C13H16FNO4. The van der Waals surface area contributed by atoms with Crippen molar-refractivity contribution >= 4 is 11.9 Å². The molecule has 1 unspecified atom stereocenters. The summed E-state index contributed by atoms with van der Waals surface area (Å²) in [5, 5.41) is 8.39. The van der Waals surface area contributed by atoms with Crippen LogP contribution in [0.15, 0.2) is 24.3 Å². The SMILES string of the molecule is CC(c1ccc(F)cc1)N(C)C(=O)COCC(=O)O. The van der Waals surface area contributed by atoms with Gasteiger partial charge in [-0.1, -0.05) is 12.1 Å². The van der Waals surface area contributed by atoms with Crippen molar-refractivity contribution in [1.29, 1.82) is 0 Å². The fourth-order valence-electron chi connectivity index (χ4n) is 1.51. The first-order chi connectivity index (χ1) is 8.91. The number of ether oxygens (including phenoxy) is 1. The molecule has 0 heterocycles. The lowest BCUT2D eigenvalue weighted by Crippen LogP contribution is -2.33. The molecule has 0 aliphatic heterocycles. The second kappa shape index (κ2) is 6.84. The molecule has 0 aliphatic rings. The summed E-state index contributed by atoms with van der Waals surface area (Å²) in [6.45, 7) is 0.987. The Kier molecular flexibility index (Phi) is 5.44. The van der Waals surface area contributed by atoms with Gasteiger partial charge in [0.15, 0.2) is 0 Å². The Morgan fingerprint density at radius 2 is 1.89 bits per heavy atom. The highest BCUT2D eigenvalue weighted by atomic mass is 19.1. The van der Waals surface area contributed by atoms with Crippen LogP contribution in [0.25, 0.3) is 0 Å². The number of hydrogen-bond donors (Lipinski definition) is 1. The van der Waals surface area contributed by atoms with E-state index in [0.717, 1.165) is 5.56 Å². The summed E-state index contributed by atoms with van der Waals surface area (Å²) in [7, 11) is 1.58. The largest absolute Gasteiger partial charge is 0.480 e. The average Bonchev–Trinajstić information content (AvgIpc) is 2.37.